The van der Waals surface area contributed by atoms with Crippen LogP contribution in [0.15, 0.2) is 52.6 Å². The van der Waals surface area contributed by atoms with Crippen molar-refractivity contribution in [2.45, 2.75) is 10.8 Å². The van der Waals surface area contributed by atoms with Gasteiger partial charge in [0.2, 0.25) is 10.0 Å². The van der Waals surface area contributed by atoms with Gasteiger partial charge in [-0.3, -0.25) is 0 Å². The maximum absolute atomic E-state index is 12.0. The van der Waals surface area contributed by atoms with Crippen molar-refractivity contribution in [2.75, 3.05) is 6.54 Å². The van der Waals surface area contributed by atoms with Gasteiger partial charge in [0.1, 0.15) is 4.21 Å². The predicted octanol–water partition coefficient (Wildman–Crippen LogP) is 1.38. The van der Waals surface area contributed by atoms with Gasteiger partial charge in [0, 0.05) is 37.9 Å². The second-order valence-corrected chi connectivity index (χ2v) is 7.29. The molecule has 0 aliphatic heterocycles. The van der Waals surface area contributed by atoms with Gasteiger partial charge in [-0.15, -0.1) is 11.3 Å². The number of sulfonamides is 1. The lowest BCUT2D eigenvalue weighted by Crippen LogP contribution is -2.27. The molecule has 0 aliphatic rings. The molecule has 3 aromatic rings. The zero-order chi connectivity index (χ0) is 15.4. The van der Waals surface area contributed by atoms with E-state index < -0.39 is 10.0 Å². The zero-order valence-corrected chi connectivity index (χ0v) is 13.1. The van der Waals surface area contributed by atoms with Gasteiger partial charge in [-0.25, -0.2) is 28.1 Å². The lowest BCUT2D eigenvalue weighted by molar-refractivity contribution is 0.575. The van der Waals surface area contributed by atoms with Crippen molar-refractivity contribution >= 4 is 21.4 Å². The molecule has 0 radical (unpaired) electrons. The van der Waals surface area contributed by atoms with Crippen LogP contribution in [-0.4, -0.2) is 34.5 Å². The molecule has 0 bridgehead atoms. The SMILES string of the molecule is O=S(=O)(NCCn1ccnc1-c1ncccn1)c1cccs1. The summed E-state index contributed by atoms with van der Waals surface area (Å²) < 4.78 is 28.7. The minimum absolute atomic E-state index is 0.260. The summed E-state index contributed by atoms with van der Waals surface area (Å²) in [6.45, 7) is 0.703. The monoisotopic (exact) mass is 335 g/mol. The van der Waals surface area contributed by atoms with E-state index in [0.29, 0.717) is 22.4 Å². The maximum Gasteiger partial charge on any atom is 0.250 e. The first-order chi connectivity index (χ1) is 10.7. The van der Waals surface area contributed by atoms with Crippen LogP contribution in [0.5, 0.6) is 0 Å². The van der Waals surface area contributed by atoms with E-state index in [9.17, 15) is 8.42 Å². The first kappa shape index (κ1) is 14.8. The molecule has 3 aromatic heterocycles. The standard InChI is InChI=1S/C13H13N5O2S2/c19-22(20,11-3-1-10-21-11)17-7-9-18-8-6-16-13(18)12-14-4-2-5-15-12/h1-6,8,10,17H,7,9H2. The number of hydrogen-bond donors (Lipinski definition) is 1. The van der Waals surface area contributed by atoms with Crippen molar-refractivity contribution in [1.29, 1.82) is 0 Å². The molecule has 0 saturated carbocycles. The molecule has 3 rings (SSSR count). The lowest BCUT2D eigenvalue weighted by atomic mass is 10.5. The van der Waals surface area contributed by atoms with Crippen molar-refractivity contribution in [3.8, 4) is 11.6 Å². The van der Waals surface area contributed by atoms with E-state index in [4.69, 9.17) is 0 Å². The number of imidazole rings is 1. The molecule has 0 fully saturated rings. The summed E-state index contributed by atoms with van der Waals surface area (Å²) in [6, 6.07) is 5.01. The fourth-order valence-electron chi connectivity index (χ4n) is 1.90. The van der Waals surface area contributed by atoms with Gasteiger partial charge in [-0.2, -0.15) is 0 Å². The molecule has 0 atom stereocenters. The molecule has 0 spiro atoms. The van der Waals surface area contributed by atoms with Gasteiger partial charge in [0.15, 0.2) is 11.6 Å². The molecule has 0 saturated heterocycles. The second kappa shape index (κ2) is 6.34. The van der Waals surface area contributed by atoms with Gasteiger partial charge < -0.3 is 4.57 Å². The number of hydrogen-bond acceptors (Lipinski definition) is 6. The summed E-state index contributed by atoms with van der Waals surface area (Å²) in [5.74, 6) is 1.12. The third kappa shape index (κ3) is 3.21. The van der Waals surface area contributed by atoms with Gasteiger partial charge >= 0.3 is 0 Å². The van der Waals surface area contributed by atoms with Gasteiger partial charge in [0.05, 0.1) is 0 Å². The van der Waals surface area contributed by atoms with Crippen LogP contribution in [0, 0.1) is 0 Å². The Balaban J connectivity index is 1.67. The highest BCUT2D eigenvalue weighted by Crippen LogP contribution is 2.15. The molecule has 7 nitrogen and oxygen atoms in total. The van der Waals surface area contributed by atoms with Gasteiger partial charge in [-0.05, 0) is 17.5 Å². The Morgan fingerprint density at radius 2 is 1.95 bits per heavy atom. The van der Waals surface area contributed by atoms with Crippen LogP contribution in [0.2, 0.25) is 0 Å². The van der Waals surface area contributed by atoms with E-state index in [1.165, 1.54) is 11.3 Å². The van der Waals surface area contributed by atoms with E-state index in [1.54, 1.807) is 48.4 Å². The molecule has 22 heavy (non-hydrogen) atoms. The summed E-state index contributed by atoms with van der Waals surface area (Å²) >= 11 is 1.19. The van der Waals surface area contributed by atoms with Crippen molar-refractivity contribution < 1.29 is 8.42 Å². The van der Waals surface area contributed by atoms with Crippen LogP contribution in [0.25, 0.3) is 11.6 Å². The normalized spacial score (nSPS) is 11.6. The van der Waals surface area contributed by atoms with E-state index in [1.807, 2.05) is 4.57 Å². The summed E-state index contributed by atoms with van der Waals surface area (Å²) in [5, 5.41) is 1.73. The van der Waals surface area contributed by atoms with E-state index in [-0.39, 0.29) is 6.54 Å². The quantitative estimate of drug-likeness (QED) is 0.735. The van der Waals surface area contributed by atoms with Crippen LogP contribution in [0.1, 0.15) is 0 Å². The first-order valence-electron chi connectivity index (χ1n) is 6.48. The van der Waals surface area contributed by atoms with Crippen LogP contribution in [0.4, 0.5) is 0 Å². The third-order valence-corrected chi connectivity index (χ3v) is 5.74. The van der Waals surface area contributed by atoms with Gasteiger partial charge in [-0.1, -0.05) is 6.07 Å². The lowest BCUT2D eigenvalue weighted by Gasteiger charge is -2.08. The number of aromatic nitrogens is 4. The molecule has 0 aromatic carbocycles. The minimum atomic E-state index is -3.44. The average molecular weight is 335 g/mol. The fourth-order valence-corrected chi connectivity index (χ4v) is 3.96. The highest BCUT2D eigenvalue weighted by molar-refractivity contribution is 7.91. The summed E-state index contributed by atoms with van der Waals surface area (Å²) in [7, 11) is -3.44. The van der Waals surface area contributed by atoms with Crippen molar-refractivity contribution in [1.82, 2.24) is 24.2 Å². The molecule has 0 aliphatic carbocycles. The Morgan fingerprint density at radius 3 is 2.68 bits per heavy atom. The Morgan fingerprint density at radius 1 is 1.14 bits per heavy atom. The van der Waals surface area contributed by atoms with E-state index in [0.717, 1.165) is 0 Å². The van der Waals surface area contributed by atoms with Crippen LogP contribution in [0.3, 0.4) is 0 Å². The topological polar surface area (TPSA) is 89.8 Å². The van der Waals surface area contributed by atoms with E-state index >= 15 is 0 Å². The fraction of sp³-hybridized carbons (Fsp3) is 0.154. The summed E-state index contributed by atoms with van der Waals surface area (Å²) in [4.78, 5) is 12.5. The third-order valence-electron chi connectivity index (χ3n) is 2.89. The van der Waals surface area contributed by atoms with Crippen LogP contribution < -0.4 is 4.72 Å². The highest BCUT2D eigenvalue weighted by atomic mass is 32.2. The maximum atomic E-state index is 12.0. The summed E-state index contributed by atoms with van der Waals surface area (Å²) in [5.41, 5.74) is 0. The molecule has 9 heteroatoms. The van der Waals surface area contributed by atoms with E-state index in [2.05, 4.69) is 19.7 Å². The number of nitrogens with one attached hydrogen (secondary N) is 1. The summed E-state index contributed by atoms with van der Waals surface area (Å²) in [6.07, 6.45) is 6.69. The molecule has 0 amide bonds. The van der Waals surface area contributed by atoms with Crippen LogP contribution in [-0.2, 0) is 16.6 Å². The molecular formula is C13H13N5O2S2. The van der Waals surface area contributed by atoms with Crippen molar-refractivity contribution in [3.63, 3.8) is 0 Å². The van der Waals surface area contributed by atoms with Gasteiger partial charge in [0.25, 0.3) is 0 Å². The van der Waals surface area contributed by atoms with Crippen LogP contribution >= 0.6 is 11.3 Å². The zero-order valence-electron chi connectivity index (χ0n) is 11.5. The minimum Gasteiger partial charge on any atom is -0.327 e. The molecule has 3 heterocycles. The number of nitrogens with zero attached hydrogens (tertiary/aromatic N) is 4. The number of rotatable bonds is 6. The second-order valence-electron chi connectivity index (χ2n) is 4.35. The number of thiophene rings is 1. The Bertz CT molecular complexity index is 828. The smallest absolute Gasteiger partial charge is 0.250 e. The van der Waals surface area contributed by atoms with Crippen molar-refractivity contribution in [3.05, 3.63) is 48.4 Å². The largest absolute Gasteiger partial charge is 0.327 e. The Labute approximate surface area is 131 Å². The molecule has 1 N–H and O–H groups in total. The predicted molar refractivity (Wildman–Crippen MR) is 82.8 cm³/mol. The van der Waals surface area contributed by atoms with Crippen molar-refractivity contribution in [2.24, 2.45) is 0 Å². The first-order valence-corrected chi connectivity index (χ1v) is 8.85. The highest BCUT2D eigenvalue weighted by Gasteiger charge is 2.15. The Hall–Kier alpha value is -2.10. The molecule has 0 unspecified atom stereocenters. The molecular weight excluding hydrogens is 322 g/mol. The Kier molecular flexibility index (Phi) is 4.27. The average Bonchev–Trinajstić information content (AvgIpc) is 3.20. The molecule has 114 valence electrons.